The van der Waals surface area contributed by atoms with Gasteiger partial charge in [-0.15, -0.1) is 12.6 Å². The normalized spacial score (nSPS) is 7.67. The summed E-state index contributed by atoms with van der Waals surface area (Å²) in [6, 6.07) is 0. The molecule has 0 aromatic heterocycles. The van der Waals surface area contributed by atoms with Crippen LogP contribution in [0.3, 0.4) is 0 Å². The predicted molar refractivity (Wildman–Crippen MR) is 34.9 cm³/mol. The lowest BCUT2D eigenvalue weighted by Crippen LogP contribution is -2.03. The highest BCUT2D eigenvalue weighted by Gasteiger charge is 1.77. The third-order valence-electron chi connectivity index (χ3n) is 0.133. The zero-order chi connectivity index (χ0) is 4.99. The van der Waals surface area contributed by atoms with Crippen LogP contribution in [0.2, 0.25) is 0 Å². The lowest BCUT2D eigenvalue weighted by atomic mass is 11.5. The number of rotatable bonds is 1. The lowest BCUT2D eigenvalue weighted by molar-refractivity contribution is 0.661. The molecular formula is CH3NOS3. The Morgan fingerprint density at radius 2 is 2.50 bits per heavy atom. The van der Waals surface area contributed by atoms with Crippen LogP contribution in [0.4, 0.5) is 0 Å². The third kappa shape index (κ3) is 4.55. The van der Waals surface area contributed by atoms with Gasteiger partial charge in [0.1, 0.15) is 16.5 Å². The second-order valence-corrected chi connectivity index (χ2v) is 2.04. The average molecular weight is 141 g/mol. The first-order valence-corrected chi connectivity index (χ1v) is 2.69. The highest BCUT2D eigenvalue weighted by atomic mass is 32.2. The molecule has 36 valence electrons. The van der Waals surface area contributed by atoms with E-state index in [9.17, 15) is 0 Å². The van der Waals surface area contributed by atoms with Crippen molar-refractivity contribution >= 4 is 41.4 Å². The number of nitrogens with one attached hydrogen (secondary N) is 1. The maximum absolute atomic E-state index is 7.91. The van der Waals surface area contributed by atoms with E-state index in [1.54, 1.807) is 0 Å². The lowest BCUT2D eigenvalue weighted by Gasteiger charge is -1.88. The van der Waals surface area contributed by atoms with Crippen LogP contribution >= 0.6 is 37.1 Å². The number of thiol groups is 1. The van der Waals surface area contributed by atoms with Crippen LogP contribution in [0, 0.1) is 0 Å². The van der Waals surface area contributed by atoms with Gasteiger partial charge in [0.05, 0.1) is 0 Å². The topological polar surface area (TPSA) is 32.3 Å². The molecule has 0 rings (SSSR count). The molecular weight excluding hydrogens is 138 g/mol. The van der Waals surface area contributed by atoms with Crippen LogP contribution in [0.1, 0.15) is 0 Å². The second kappa shape index (κ2) is 3.73. The minimum Gasteiger partial charge on any atom is -0.312 e. The molecule has 0 aliphatic heterocycles. The molecule has 0 saturated heterocycles. The molecule has 0 radical (unpaired) electrons. The van der Waals surface area contributed by atoms with E-state index in [-0.39, 0.29) is 4.32 Å². The average Bonchev–Trinajstić information content (AvgIpc) is 1.35. The van der Waals surface area contributed by atoms with Gasteiger partial charge < -0.3 is 4.55 Å². The predicted octanol–water partition coefficient (Wildman–Crippen LogP) is 0.912. The number of hydrogen-bond donors (Lipinski definition) is 3. The van der Waals surface area contributed by atoms with Crippen molar-refractivity contribution in [3.8, 4) is 0 Å². The van der Waals surface area contributed by atoms with Crippen LogP contribution in [-0.4, -0.2) is 8.87 Å². The molecule has 0 saturated carbocycles. The Balaban J connectivity index is 2.83. The fraction of sp³-hybridized carbons (Fsp3) is 0. The smallest absolute Gasteiger partial charge is 0.142 e. The van der Waals surface area contributed by atoms with Gasteiger partial charge in [0.2, 0.25) is 0 Å². The minimum absolute atomic E-state index is 0.280. The summed E-state index contributed by atoms with van der Waals surface area (Å²) in [6.45, 7) is 0. The molecule has 0 spiro atoms. The summed E-state index contributed by atoms with van der Waals surface area (Å²) in [5.74, 6) is 0. The maximum Gasteiger partial charge on any atom is 0.142 e. The minimum atomic E-state index is 0.280. The summed E-state index contributed by atoms with van der Waals surface area (Å²) < 4.78 is 10.5. The highest BCUT2D eigenvalue weighted by molar-refractivity contribution is 8.12. The molecule has 0 aliphatic rings. The molecule has 0 atom stereocenters. The van der Waals surface area contributed by atoms with Gasteiger partial charge in [-0.3, -0.25) is 4.72 Å². The molecule has 0 amide bonds. The van der Waals surface area contributed by atoms with E-state index in [2.05, 4.69) is 29.6 Å². The highest BCUT2D eigenvalue weighted by Crippen LogP contribution is 1.84. The molecule has 0 fully saturated rings. The fourth-order valence-corrected chi connectivity index (χ4v) is 0.351. The first kappa shape index (κ1) is 6.55. The van der Waals surface area contributed by atoms with Gasteiger partial charge in [0, 0.05) is 0 Å². The third-order valence-corrected chi connectivity index (χ3v) is 0.923. The standard InChI is InChI=1S/CH3NOS3/c3-6-2-1(4)5/h3H,(H2,2,4,5). The fourth-order valence-electron chi connectivity index (χ4n) is 0.0390. The van der Waals surface area contributed by atoms with Crippen molar-refractivity contribution in [2.45, 2.75) is 0 Å². The molecule has 0 aliphatic carbocycles. The summed E-state index contributed by atoms with van der Waals surface area (Å²) >= 11 is 8.43. The van der Waals surface area contributed by atoms with E-state index in [4.69, 9.17) is 4.55 Å². The monoisotopic (exact) mass is 141 g/mol. The van der Waals surface area contributed by atoms with Gasteiger partial charge in [-0.25, -0.2) is 0 Å². The first-order chi connectivity index (χ1) is 2.77. The Morgan fingerprint density at radius 1 is 2.00 bits per heavy atom. The Bertz CT molecular complexity index is 54.8. The van der Waals surface area contributed by atoms with Gasteiger partial charge in [-0.2, -0.15) is 0 Å². The van der Waals surface area contributed by atoms with Crippen LogP contribution in [-0.2, 0) is 0 Å². The molecule has 6 heavy (non-hydrogen) atoms. The SMILES string of the molecule is OSNC(=S)S. The van der Waals surface area contributed by atoms with Crippen molar-refractivity contribution in [2.24, 2.45) is 0 Å². The van der Waals surface area contributed by atoms with Crippen molar-refractivity contribution in [1.82, 2.24) is 4.72 Å². The first-order valence-electron chi connectivity index (χ1n) is 1.06. The second-order valence-electron chi connectivity index (χ2n) is 0.499. The number of hydrogen-bond acceptors (Lipinski definition) is 3. The Morgan fingerprint density at radius 3 is 2.50 bits per heavy atom. The molecule has 5 heteroatoms. The van der Waals surface area contributed by atoms with Crippen LogP contribution in [0.25, 0.3) is 0 Å². The summed E-state index contributed by atoms with van der Waals surface area (Å²) in [5, 5.41) is 0. The Hall–Kier alpha value is 0.550. The van der Waals surface area contributed by atoms with E-state index in [1.165, 1.54) is 0 Å². The van der Waals surface area contributed by atoms with E-state index in [0.717, 1.165) is 0 Å². The Labute approximate surface area is 51.1 Å². The van der Waals surface area contributed by atoms with E-state index < -0.39 is 0 Å². The molecule has 2 N–H and O–H groups in total. The van der Waals surface area contributed by atoms with Crippen molar-refractivity contribution in [2.75, 3.05) is 0 Å². The summed E-state index contributed by atoms with van der Waals surface area (Å²) in [5.41, 5.74) is 0. The van der Waals surface area contributed by atoms with Crippen LogP contribution in [0.15, 0.2) is 0 Å². The van der Waals surface area contributed by atoms with Crippen LogP contribution < -0.4 is 4.72 Å². The Kier molecular flexibility index (Phi) is 4.07. The van der Waals surface area contributed by atoms with Gasteiger partial charge >= 0.3 is 0 Å². The van der Waals surface area contributed by atoms with Gasteiger partial charge in [-0.05, 0) is 0 Å². The van der Waals surface area contributed by atoms with Gasteiger partial charge in [-0.1, -0.05) is 12.2 Å². The zero-order valence-electron chi connectivity index (χ0n) is 2.71. The van der Waals surface area contributed by atoms with E-state index in [1.807, 2.05) is 0 Å². The van der Waals surface area contributed by atoms with E-state index in [0.29, 0.717) is 12.2 Å². The summed E-state index contributed by atoms with van der Waals surface area (Å²) in [7, 11) is 0. The molecule has 0 bridgehead atoms. The van der Waals surface area contributed by atoms with Crippen molar-refractivity contribution in [1.29, 1.82) is 0 Å². The largest absolute Gasteiger partial charge is 0.312 e. The zero-order valence-corrected chi connectivity index (χ0v) is 5.24. The number of thiocarbonyl (C=S) groups is 1. The van der Waals surface area contributed by atoms with Gasteiger partial charge in [0.25, 0.3) is 0 Å². The van der Waals surface area contributed by atoms with Gasteiger partial charge in [0.15, 0.2) is 0 Å². The van der Waals surface area contributed by atoms with E-state index >= 15 is 0 Å². The summed E-state index contributed by atoms with van der Waals surface area (Å²) in [4.78, 5) is 0. The molecule has 0 unspecified atom stereocenters. The van der Waals surface area contributed by atoms with Crippen molar-refractivity contribution < 1.29 is 4.55 Å². The molecule has 0 aromatic carbocycles. The molecule has 2 nitrogen and oxygen atoms in total. The van der Waals surface area contributed by atoms with Crippen molar-refractivity contribution in [3.63, 3.8) is 0 Å². The molecule has 0 heterocycles. The maximum atomic E-state index is 7.91. The van der Waals surface area contributed by atoms with Crippen LogP contribution in [0.5, 0.6) is 0 Å². The van der Waals surface area contributed by atoms with Crippen molar-refractivity contribution in [3.05, 3.63) is 0 Å². The quantitative estimate of drug-likeness (QED) is 0.219. The molecule has 0 aromatic rings. The summed E-state index contributed by atoms with van der Waals surface area (Å²) in [6.07, 6.45) is 0.